The molecule has 2 heterocycles. The normalized spacial score (nSPS) is 14.6. The summed E-state index contributed by atoms with van der Waals surface area (Å²) in [5.74, 6) is 1.14. The summed E-state index contributed by atoms with van der Waals surface area (Å²) in [6.45, 7) is 10.1. The minimum absolute atomic E-state index is 0.125. The van der Waals surface area contributed by atoms with Crippen molar-refractivity contribution < 1.29 is 23.7 Å². The van der Waals surface area contributed by atoms with Gasteiger partial charge in [-0.2, -0.15) is 0 Å². The molecule has 0 radical (unpaired) electrons. The Kier molecular flexibility index (Phi) is 11.4. The van der Waals surface area contributed by atoms with Crippen LogP contribution in [0.2, 0.25) is 10.0 Å². The second-order valence-corrected chi connectivity index (χ2v) is 13.8. The standard InChI is InChI=1S/C35H33Cl2IN2O6S/c1-6-43-28-15-21(14-26(38)32(28)45-18-22-12-13-23(36)17-25(22)37)16-29-33(41)40-31(24-10-8-9-11-27(24)46-19(3)4)30(34(42)44-7-2)20(5)39-35(40)47-29/h8-17,19,31H,6-7,18H2,1-5H3/b29-16-/t31-/m0/s1. The van der Waals surface area contributed by atoms with Crippen LogP contribution in [-0.2, 0) is 16.1 Å². The lowest BCUT2D eigenvalue weighted by Crippen LogP contribution is -2.40. The number of ether oxygens (including phenoxy) is 4. The van der Waals surface area contributed by atoms with E-state index < -0.39 is 12.0 Å². The number of benzene rings is 3. The molecule has 0 N–H and O–H groups in total. The van der Waals surface area contributed by atoms with Crippen LogP contribution in [0.3, 0.4) is 0 Å². The predicted octanol–water partition coefficient (Wildman–Crippen LogP) is 7.47. The lowest BCUT2D eigenvalue weighted by molar-refractivity contribution is -0.139. The molecule has 0 amide bonds. The summed E-state index contributed by atoms with van der Waals surface area (Å²) in [6.07, 6.45) is 1.67. The molecule has 0 aliphatic carbocycles. The quantitative estimate of drug-likeness (QED) is 0.116. The molecule has 246 valence electrons. The van der Waals surface area contributed by atoms with Gasteiger partial charge in [-0.15, -0.1) is 0 Å². The van der Waals surface area contributed by atoms with Crippen molar-refractivity contribution in [3.8, 4) is 17.2 Å². The zero-order valence-electron chi connectivity index (χ0n) is 26.4. The van der Waals surface area contributed by atoms with Crippen LogP contribution in [0.1, 0.15) is 57.4 Å². The number of hydrogen-bond donors (Lipinski definition) is 0. The van der Waals surface area contributed by atoms with Gasteiger partial charge in [-0.1, -0.05) is 58.8 Å². The predicted molar refractivity (Wildman–Crippen MR) is 194 cm³/mol. The zero-order valence-corrected chi connectivity index (χ0v) is 30.9. The van der Waals surface area contributed by atoms with Gasteiger partial charge in [0.1, 0.15) is 18.4 Å². The van der Waals surface area contributed by atoms with Crippen LogP contribution in [0.5, 0.6) is 17.2 Å². The maximum Gasteiger partial charge on any atom is 0.338 e. The summed E-state index contributed by atoms with van der Waals surface area (Å²) in [5.41, 5.74) is 2.67. The molecule has 1 aliphatic rings. The number of halogens is 3. The third kappa shape index (κ3) is 7.72. The summed E-state index contributed by atoms with van der Waals surface area (Å²) in [6, 6.07) is 15.6. The van der Waals surface area contributed by atoms with E-state index in [1.54, 1.807) is 36.6 Å². The van der Waals surface area contributed by atoms with Crippen molar-refractivity contribution in [1.82, 2.24) is 4.57 Å². The van der Waals surface area contributed by atoms with Crippen molar-refractivity contribution in [3.05, 3.63) is 116 Å². The maximum atomic E-state index is 14.2. The fourth-order valence-electron chi connectivity index (χ4n) is 5.17. The van der Waals surface area contributed by atoms with Crippen molar-refractivity contribution >= 4 is 69.2 Å². The highest BCUT2D eigenvalue weighted by Gasteiger charge is 2.35. The Hall–Kier alpha value is -3.32. The highest BCUT2D eigenvalue weighted by atomic mass is 127. The van der Waals surface area contributed by atoms with Gasteiger partial charge in [0.05, 0.1) is 38.7 Å². The monoisotopic (exact) mass is 806 g/mol. The van der Waals surface area contributed by atoms with Crippen LogP contribution < -0.4 is 29.1 Å². The molecule has 1 aliphatic heterocycles. The molecule has 4 aromatic rings. The summed E-state index contributed by atoms with van der Waals surface area (Å²) in [4.78, 5) is 32.7. The first-order valence-corrected chi connectivity index (χ1v) is 17.7. The fraction of sp³-hybridized carbons (Fsp3) is 0.286. The first-order chi connectivity index (χ1) is 22.5. The van der Waals surface area contributed by atoms with Crippen molar-refractivity contribution in [2.75, 3.05) is 13.2 Å². The highest BCUT2D eigenvalue weighted by molar-refractivity contribution is 14.1. The summed E-state index contributed by atoms with van der Waals surface area (Å²) < 4.78 is 26.5. The Labute approximate surface area is 300 Å². The molecule has 0 saturated carbocycles. The number of allylic oxidation sites excluding steroid dienone is 1. The Morgan fingerprint density at radius 2 is 1.83 bits per heavy atom. The second kappa shape index (κ2) is 15.3. The first-order valence-electron chi connectivity index (χ1n) is 15.0. The van der Waals surface area contributed by atoms with E-state index >= 15 is 0 Å². The number of thiazole rings is 1. The van der Waals surface area contributed by atoms with E-state index in [9.17, 15) is 9.59 Å². The third-order valence-electron chi connectivity index (χ3n) is 7.11. The smallest absolute Gasteiger partial charge is 0.338 e. The number of rotatable bonds is 11. The Balaban J connectivity index is 1.61. The zero-order chi connectivity index (χ0) is 33.8. The lowest BCUT2D eigenvalue weighted by atomic mass is 9.95. The maximum absolute atomic E-state index is 14.2. The van der Waals surface area contributed by atoms with Gasteiger partial charge < -0.3 is 18.9 Å². The van der Waals surface area contributed by atoms with Crippen LogP contribution in [0.25, 0.3) is 6.08 Å². The number of carbonyl (C=O) groups excluding carboxylic acids is 1. The van der Waals surface area contributed by atoms with Gasteiger partial charge in [0, 0.05) is 21.2 Å². The molecule has 0 saturated heterocycles. The Morgan fingerprint density at radius 1 is 1.06 bits per heavy atom. The Morgan fingerprint density at radius 3 is 2.53 bits per heavy atom. The third-order valence-corrected chi connectivity index (χ3v) is 9.48. The van der Waals surface area contributed by atoms with Crippen molar-refractivity contribution in [1.29, 1.82) is 0 Å². The van der Waals surface area contributed by atoms with Crippen LogP contribution in [0.4, 0.5) is 0 Å². The van der Waals surface area contributed by atoms with E-state index in [-0.39, 0.29) is 24.9 Å². The van der Waals surface area contributed by atoms with Crippen LogP contribution in [0, 0.1) is 3.57 Å². The first kappa shape index (κ1) is 35.0. The van der Waals surface area contributed by atoms with Gasteiger partial charge in [-0.05, 0) is 99.2 Å². The number of aromatic nitrogens is 1. The molecule has 5 rings (SSSR count). The molecule has 0 unspecified atom stereocenters. The Bertz CT molecular complexity index is 2040. The average Bonchev–Trinajstić information content (AvgIpc) is 3.31. The summed E-state index contributed by atoms with van der Waals surface area (Å²) in [5, 5.41) is 1.06. The largest absolute Gasteiger partial charge is 0.491 e. The number of hydrogen-bond acceptors (Lipinski definition) is 8. The molecule has 0 bridgehead atoms. The van der Waals surface area contributed by atoms with Gasteiger partial charge in [0.25, 0.3) is 5.56 Å². The number of para-hydroxylation sites is 1. The molecule has 3 aromatic carbocycles. The van der Waals surface area contributed by atoms with E-state index in [2.05, 4.69) is 22.6 Å². The van der Waals surface area contributed by atoms with E-state index in [4.69, 9.17) is 47.1 Å². The van der Waals surface area contributed by atoms with Gasteiger partial charge in [-0.25, -0.2) is 9.79 Å². The SMILES string of the molecule is CCOC(=O)C1=C(C)N=c2s/c(=C\c3cc(I)c(OCc4ccc(Cl)cc4Cl)c(OCC)c3)c(=O)n2[C@H]1c1ccccc1OC(C)C. The molecule has 8 nitrogen and oxygen atoms in total. The van der Waals surface area contributed by atoms with Gasteiger partial charge in [0.2, 0.25) is 0 Å². The van der Waals surface area contributed by atoms with Crippen molar-refractivity contribution in [2.24, 2.45) is 4.99 Å². The fourth-order valence-corrected chi connectivity index (χ4v) is 7.46. The molecule has 0 spiro atoms. The van der Waals surface area contributed by atoms with E-state index in [1.165, 1.54) is 11.3 Å². The van der Waals surface area contributed by atoms with Crippen LogP contribution >= 0.6 is 57.1 Å². The van der Waals surface area contributed by atoms with E-state index in [0.717, 1.165) is 14.7 Å². The number of esters is 1. The molecule has 47 heavy (non-hydrogen) atoms. The van der Waals surface area contributed by atoms with E-state index in [0.29, 0.717) is 60.1 Å². The average molecular weight is 808 g/mol. The highest BCUT2D eigenvalue weighted by Crippen LogP contribution is 2.37. The minimum atomic E-state index is -0.794. The molecule has 1 aromatic heterocycles. The topological polar surface area (TPSA) is 88.4 Å². The second-order valence-electron chi connectivity index (χ2n) is 10.8. The summed E-state index contributed by atoms with van der Waals surface area (Å²) >= 11 is 15.9. The molecular weight excluding hydrogens is 774 g/mol. The molecule has 12 heteroatoms. The minimum Gasteiger partial charge on any atom is -0.491 e. The number of fused-ring (bicyclic) bond motifs is 1. The number of carbonyl (C=O) groups is 1. The van der Waals surface area contributed by atoms with Gasteiger partial charge in [-0.3, -0.25) is 9.36 Å². The van der Waals surface area contributed by atoms with Gasteiger partial charge >= 0.3 is 5.97 Å². The van der Waals surface area contributed by atoms with Crippen molar-refractivity contribution in [3.63, 3.8) is 0 Å². The van der Waals surface area contributed by atoms with Crippen LogP contribution in [0.15, 0.2) is 75.7 Å². The number of nitrogens with zero attached hydrogens (tertiary/aromatic N) is 2. The van der Waals surface area contributed by atoms with Gasteiger partial charge in [0.15, 0.2) is 16.3 Å². The molecular formula is C35H33Cl2IN2O6S. The summed E-state index contributed by atoms with van der Waals surface area (Å²) in [7, 11) is 0. The molecule has 0 fully saturated rings. The van der Waals surface area contributed by atoms with E-state index in [1.807, 2.05) is 63.2 Å². The van der Waals surface area contributed by atoms with Crippen LogP contribution in [-0.4, -0.2) is 29.9 Å². The lowest BCUT2D eigenvalue weighted by Gasteiger charge is -2.26. The van der Waals surface area contributed by atoms with Crippen molar-refractivity contribution in [2.45, 2.75) is 53.4 Å². The molecule has 1 atom stereocenters.